The molecule has 3 rings (SSSR count). The van der Waals surface area contributed by atoms with Crippen molar-refractivity contribution in [2.75, 3.05) is 26.4 Å². The molecule has 28 heavy (non-hydrogen) atoms. The Morgan fingerprint density at radius 3 is 2.75 bits per heavy atom. The second kappa shape index (κ2) is 9.84. The van der Waals surface area contributed by atoms with E-state index in [1.807, 2.05) is 37.3 Å². The number of nitrogens with zero attached hydrogens (tertiary/aromatic N) is 1. The number of hydrogen-bond donors (Lipinski definition) is 3. The average molecular weight is 388 g/mol. The van der Waals surface area contributed by atoms with Crippen LogP contribution in [-0.2, 0) is 11.3 Å². The van der Waals surface area contributed by atoms with Crippen molar-refractivity contribution >= 4 is 0 Å². The van der Waals surface area contributed by atoms with Crippen LogP contribution in [0.4, 0.5) is 0 Å². The summed E-state index contributed by atoms with van der Waals surface area (Å²) in [6.45, 7) is 4.29. The summed E-state index contributed by atoms with van der Waals surface area (Å²) < 4.78 is 16.6. The molecule has 2 heterocycles. The molecule has 1 aromatic carbocycles. The van der Waals surface area contributed by atoms with Crippen molar-refractivity contribution in [1.29, 1.82) is 0 Å². The standard InChI is InChI=1S/C21H28N2O5/c1-2-27-18-5-3-4-6-19(18)28-20-8-7-16(13-23-20)12-22-14-17(24)11-21(25)9-10-26-15-21/h3-8,13,17,22,24-25H,2,9-12,14-15H2,1H3. The first-order valence-corrected chi connectivity index (χ1v) is 9.61. The fourth-order valence-electron chi connectivity index (χ4n) is 3.15. The minimum atomic E-state index is -0.903. The zero-order valence-corrected chi connectivity index (χ0v) is 16.1. The lowest BCUT2D eigenvalue weighted by molar-refractivity contribution is -0.0164. The number of benzene rings is 1. The van der Waals surface area contributed by atoms with Gasteiger partial charge in [0.05, 0.1) is 24.9 Å². The maximum absolute atomic E-state index is 10.2. The smallest absolute Gasteiger partial charge is 0.219 e. The van der Waals surface area contributed by atoms with Crippen molar-refractivity contribution in [2.45, 2.75) is 38.0 Å². The number of aliphatic hydroxyl groups is 2. The number of hydrogen-bond acceptors (Lipinski definition) is 7. The fourth-order valence-corrected chi connectivity index (χ4v) is 3.15. The van der Waals surface area contributed by atoms with Gasteiger partial charge in [0.1, 0.15) is 0 Å². The first kappa shape index (κ1) is 20.5. The maximum Gasteiger partial charge on any atom is 0.219 e. The van der Waals surface area contributed by atoms with E-state index in [1.54, 1.807) is 12.3 Å². The lowest BCUT2D eigenvalue weighted by Gasteiger charge is -2.23. The molecule has 3 N–H and O–H groups in total. The second-order valence-electron chi connectivity index (χ2n) is 7.00. The molecule has 1 aromatic heterocycles. The molecule has 0 aliphatic carbocycles. The quantitative estimate of drug-likeness (QED) is 0.575. The summed E-state index contributed by atoms with van der Waals surface area (Å²) in [5.74, 6) is 1.79. The highest BCUT2D eigenvalue weighted by Crippen LogP contribution is 2.30. The van der Waals surface area contributed by atoms with E-state index in [0.717, 1.165) is 5.56 Å². The van der Waals surface area contributed by atoms with Crippen molar-refractivity contribution in [3.8, 4) is 17.4 Å². The van der Waals surface area contributed by atoms with E-state index in [2.05, 4.69) is 10.3 Å². The Labute approximate surface area is 165 Å². The molecule has 2 atom stereocenters. The van der Waals surface area contributed by atoms with Gasteiger partial charge in [-0.2, -0.15) is 0 Å². The van der Waals surface area contributed by atoms with Crippen molar-refractivity contribution in [2.24, 2.45) is 0 Å². The van der Waals surface area contributed by atoms with Gasteiger partial charge in [-0.25, -0.2) is 4.98 Å². The van der Waals surface area contributed by atoms with Gasteiger partial charge in [0.25, 0.3) is 0 Å². The Bertz CT molecular complexity index is 732. The summed E-state index contributed by atoms with van der Waals surface area (Å²) >= 11 is 0. The minimum Gasteiger partial charge on any atom is -0.490 e. The highest BCUT2D eigenvalue weighted by Gasteiger charge is 2.34. The third-order valence-corrected chi connectivity index (χ3v) is 4.57. The zero-order chi connectivity index (χ0) is 19.8. The second-order valence-corrected chi connectivity index (χ2v) is 7.00. The largest absolute Gasteiger partial charge is 0.490 e. The van der Waals surface area contributed by atoms with Crippen molar-refractivity contribution in [3.05, 3.63) is 48.2 Å². The van der Waals surface area contributed by atoms with Gasteiger partial charge < -0.3 is 29.7 Å². The third kappa shape index (κ3) is 5.90. The molecule has 0 amide bonds. The molecule has 7 nitrogen and oxygen atoms in total. The number of para-hydroxylation sites is 2. The molecule has 152 valence electrons. The first-order valence-electron chi connectivity index (χ1n) is 9.61. The van der Waals surface area contributed by atoms with Crippen LogP contribution in [0.2, 0.25) is 0 Å². The number of ether oxygens (including phenoxy) is 3. The van der Waals surface area contributed by atoms with Crippen LogP contribution < -0.4 is 14.8 Å². The predicted molar refractivity (Wildman–Crippen MR) is 105 cm³/mol. The van der Waals surface area contributed by atoms with Crippen LogP contribution in [0.15, 0.2) is 42.6 Å². The lowest BCUT2D eigenvalue weighted by Crippen LogP contribution is -2.38. The highest BCUT2D eigenvalue weighted by atomic mass is 16.5. The molecule has 0 bridgehead atoms. The molecule has 7 heteroatoms. The van der Waals surface area contributed by atoms with E-state index in [0.29, 0.717) is 63.1 Å². The van der Waals surface area contributed by atoms with Crippen LogP contribution in [0.5, 0.6) is 17.4 Å². The molecule has 0 spiro atoms. The molecule has 1 saturated heterocycles. The van der Waals surface area contributed by atoms with Crippen LogP contribution in [0.25, 0.3) is 0 Å². The van der Waals surface area contributed by atoms with Gasteiger partial charge in [-0.05, 0) is 24.6 Å². The van der Waals surface area contributed by atoms with Crippen LogP contribution in [0.1, 0.15) is 25.3 Å². The minimum absolute atomic E-state index is 0.294. The average Bonchev–Trinajstić information content (AvgIpc) is 3.11. The van der Waals surface area contributed by atoms with Crippen LogP contribution in [-0.4, -0.2) is 53.3 Å². The van der Waals surface area contributed by atoms with Crippen LogP contribution >= 0.6 is 0 Å². The van der Waals surface area contributed by atoms with Gasteiger partial charge in [-0.1, -0.05) is 18.2 Å². The van der Waals surface area contributed by atoms with E-state index in [1.165, 1.54) is 0 Å². The topological polar surface area (TPSA) is 93.1 Å². The summed E-state index contributed by atoms with van der Waals surface area (Å²) in [4.78, 5) is 4.33. The van der Waals surface area contributed by atoms with Crippen molar-refractivity contribution in [3.63, 3.8) is 0 Å². The molecule has 0 saturated carbocycles. The fraction of sp³-hybridized carbons (Fsp3) is 0.476. The van der Waals surface area contributed by atoms with Gasteiger partial charge in [0.2, 0.25) is 5.88 Å². The van der Waals surface area contributed by atoms with E-state index in [4.69, 9.17) is 14.2 Å². The van der Waals surface area contributed by atoms with Gasteiger partial charge in [-0.3, -0.25) is 0 Å². The molecular weight excluding hydrogens is 360 g/mol. The Morgan fingerprint density at radius 1 is 1.25 bits per heavy atom. The SMILES string of the molecule is CCOc1ccccc1Oc1ccc(CNCC(O)CC2(O)CCOC2)cn1. The van der Waals surface area contributed by atoms with Gasteiger partial charge in [0, 0.05) is 44.8 Å². The number of aromatic nitrogens is 1. The van der Waals surface area contributed by atoms with Gasteiger partial charge in [-0.15, -0.1) is 0 Å². The van der Waals surface area contributed by atoms with Gasteiger partial charge >= 0.3 is 0 Å². The summed E-state index contributed by atoms with van der Waals surface area (Å²) in [5, 5.41) is 23.5. The molecule has 0 radical (unpaired) electrons. The Morgan fingerprint density at radius 2 is 2.07 bits per heavy atom. The highest BCUT2D eigenvalue weighted by molar-refractivity contribution is 5.41. The predicted octanol–water partition coefficient (Wildman–Crippen LogP) is 2.26. The molecule has 2 aromatic rings. The summed E-state index contributed by atoms with van der Waals surface area (Å²) in [5.41, 5.74) is 0.0694. The van der Waals surface area contributed by atoms with Crippen molar-refractivity contribution < 1.29 is 24.4 Å². The molecule has 1 aliphatic rings. The number of aliphatic hydroxyl groups excluding tert-OH is 1. The molecule has 2 unspecified atom stereocenters. The Kier molecular flexibility index (Phi) is 7.22. The van der Waals surface area contributed by atoms with Crippen molar-refractivity contribution in [1.82, 2.24) is 10.3 Å². The summed E-state index contributed by atoms with van der Waals surface area (Å²) in [7, 11) is 0. The lowest BCUT2D eigenvalue weighted by atomic mass is 9.95. The Balaban J connectivity index is 1.45. The summed E-state index contributed by atoms with van der Waals surface area (Å²) in [6, 6.07) is 11.2. The van der Waals surface area contributed by atoms with Crippen LogP contribution in [0.3, 0.4) is 0 Å². The van der Waals surface area contributed by atoms with E-state index in [9.17, 15) is 10.2 Å². The first-order chi connectivity index (χ1) is 13.6. The molecule has 1 fully saturated rings. The van der Waals surface area contributed by atoms with Crippen LogP contribution in [0, 0.1) is 0 Å². The number of pyridine rings is 1. The molecule has 1 aliphatic heterocycles. The zero-order valence-electron chi connectivity index (χ0n) is 16.1. The number of nitrogens with one attached hydrogen (secondary N) is 1. The van der Waals surface area contributed by atoms with Gasteiger partial charge in [0.15, 0.2) is 11.5 Å². The van der Waals surface area contributed by atoms with E-state index >= 15 is 0 Å². The molecular formula is C21H28N2O5. The Hall–Kier alpha value is -2.19. The monoisotopic (exact) mass is 388 g/mol. The summed E-state index contributed by atoms with van der Waals surface area (Å²) in [6.07, 6.45) is 1.99. The third-order valence-electron chi connectivity index (χ3n) is 4.57. The van der Waals surface area contributed by atoms with E-state index < -0.39 is 11.7 Å². The normalized spacial score (nSPS) is 20.1. The van der Waals surface area contributed by atoms with E-state index in [-0.39, 0.29) is 0 Å². The maximum atomic E-state index is 10.2. The number of rotatable bonds is 10.